The molecule has 0 saturated carbocycles. The fourth-order valence-corrected chi connectivity index (χ4v) is 2.41. The molecule has 3 heterocycles. The number of pyridine rings is 1. The number of aliphatic hydroxyl groups excluding tert-OH is 1. The van der Waals surface area contributed by atoms with Gasteiger partial charge in [0.25, 0.3) is 0 Å². The molecule has 100 valence electrons. The SMILES string of the molecule is O=Cc1c(N2CCOCC2CO)nc2ccccn12. The lowest BCUT2D eigenvalue weighted by molar-refractivity contribution is 0.0721. The van der Waals surface area contributed by atoms with Gasteiger partial charge in [-0.1, -0.05) is 6.07 Å². The summed E-state index contributed by atoms with van der Waals surface area (Å²) in [6.07, 6.45) is 2.61. The fourth-order valence-electron chi connectivity index (χ4n) is 2.41. The summed E-state index contributed by atoms with van der Waals surface area (Å²) < 4.78 is 7.10. The molecule has 3 rings (SSSR count). The molecule has 0 aromatic carbocycles. The Hall–Kier alpha value is -1.92. The molecule has 0 aliphatic carbocycles. The van der Waals surface area contributed by atoms with Crippen LogP contribution in [0.4, 0.5) is 5.82 Å². The van der Waals surface area contributed by atoms with Crippen molar-refractivity contribution in [2.24, 2.45) is 0 Å². The third-order valence-corrected chi connectivity index (χ3v) is 3.37. The average molecular weight is 261 g/mol. The number of aromatic nitrogens is 2. The minimum Gasteiger partial charge on any atom is -0.394 e. The molecule has 1 N–H and O–H groups in total. The van der Waals surface area contributed by atoms with Gasteiger partial charge < -0.3 is 14.7 Å². The van der Waals surface area contributed by atoms with Crippen LogP contribution in [0.2, 0.25) is 0 Å². The van der Waals surface area contributed by atoms with Gasteiger partial charge in [0.05, 0.1) is 25.9 Å². The summed E-state index contributed by atoms with van der Waals surface area (Å²) in [4.78, 5) is 17.8. The number of aldehydes is 1. The first-order chi connectivity index (χ1) is 9.35. The van der Waals surface area contributed by atoms with Crippen LogP contribution < -0.4 is 4.90 Å². The van der Waals surface area contributed by atoms with Crippen molar-refractivity contribution in [3.63, 3.8) is 0 Å². The highest BCUT2D eigenvalue weighted by molar-refractivity contribution is 5.83. The van der Waals surface area contributed by atoms with E-state index in [0.717, 1.165) is 11.9 Å². The molecule has 1 saturated heterocycles. The molecule has 1 aliphatic heterocycles. The van der Waals surface area contributed by atoms with E-state index >= 15 is 0 Å². The molecule has 2 aromatic rings. The first-order valence-electron chi connectivity index (χ1n) is 6.22. The first-order valence-corrected chi connectivity index (χ1v) is 6.22. The lowest BCUT2D eigenvalue weighted by Crippen LogP contribution is -2.48. The average Bonchev–Trinajstić information content (AvgIpc) is 2.85. The zero-order valence-corrected chi connectivity index (χ0v) is 10.4. The summed E-state index contributed by atoms with van der Waals surface area (Å²) in [7, 11) is 0. The molecule has 1 atom stereocenters. The highest BCUT2D eigenvalue weighted by Gasteiger charge is 2.27. The topological polar surface area (TPSA) is 67.1 Å². The fraction of sp³-hybridized carbons (Fsp3) is 0.385. The number of carbonyl (C=O) groups is 1. The Balaban J connectivity index is 2.10. The lowest BCUT2D eigenvalue weighted by atomic mass is 10.2. The number of rotatable bonds is 3. The number of nitrogens with zero attached hydrogens (tertiary/aromatic N) is 3. The minimum absolute atomic E-state index is 0.0217. The van der Waals surface area contributed by atoms with Crippen molar-refractivity contribution in [1.29, 1.82) is 0 Å². The van der Waals surface area contributed by atoms with Crippen LogP contribution in [-0.4, -0.2) is 53.2 Å². The van der Waals surface area contributed by atoms with Crippen molar-refractivity contribution in [3.8, 4) is 0 Å². The highest BCUT2D eigenvalue weighted by Crippen LogP contribution is 2.23. The van der Waals surface area contributed by atoms with E-state index in [1.165, 1.54) is 0 Å². The molecule has 1 aliphatic rings. The van der Waals surface area contributed by atoms with Gasteiger partial charge in [-0.3, -0.25) is 9.20 Å². The van der Waals surface area contributed by atoms with Crippen LogP contribution in [-0.2, 0) is 4.74 Å². The number of morpholine rings is 1. The van der Waals surface area contributed by atoms with Crippen molar-refractivity contribution in [2.75, 3.05) is 31.3 Å². The molecule has 6 heteroatoms. The number of hydrogen-bond donors (Lipinski definition) is 1. The molecule has 0 amide bonds. The van der Waals surface area contributed by atoms with E-state index in [2.05, 4.69) is 4.98 Å². The van der Waals surface area contributed by atoms with Crippen molar-refractivity contribution in [3.05, 3.63) is 30.1 Å². The first kappa shape index (κ1) is 12.1. The van der Waals surface area contributed by atoms with Gasteiger partial charge in [-0.2, -0.15) is 0 Å². The summed E-state index contributed by atoms with van der Waals surface area (Å²) in [5.41, 5.74) is 1.23. The number of ether oxygens (including phenoxy) is 1. The van der Waals surface area contributed by atoms with E-state index in [1.807, 2.05) is 29.3 Å². The van der Waals surface area contributed by atoms with E-state index in [9.17, 15) is 9.90 Å². The monoisotopic (exact) mass is 261 g/mol. The molecule has 0 bridgehead atoms. The Bertz CT molecular complexity index is 596. The van der Waals surface area contributed by atoms with E-state index in [1.54, 1.807) is 4.40 Å². The maximum absolute atomic E-state index is 11.4. The van der Waals surface area contributed by atoms with Gasteiger partial charge in [0, 0.05) is 12.7 Å². The second-order valence-electron chi connectivity index (χ2n) is 4.47. The number of aliphatic hydroxyl groups is 1. The van der Waals surface area contributed by atoms with Gasteiger partial charge in [0.15, 0.2) is 12.1 Å². The molecule has 0 radical (unpaired) electrons. The van der Waals surface area contributed by atoms with Crippen molar-refractivity contribution >= 4 is 17.8 Å². The van der Waals surface area contributed by atoms with Gasteiger partial charge in [0.1, 0.15) is 11.3 Å². The molecule has 0 spiro atoms. The van der Waals surface area contributed by atoms with Crippen LogP contribution in [0.25, 0.3) is 5.65 Å². The number of hydrogen-bond acceptors (Lipinski definition) is 5. The number of imidazole rings is 1. The quantitative estimate of drug-likeness (QED) is 0.807. The molecule has 2 aromatic heterocycles. The van der Waals surface area contributed by atoms with Gasteiger partial charge >= 0.3 is 0 Å². The third kappa shape index (κ3) is 1.98. The van der Waals surface area contributed by atoms with Gasteiger partial charge in [-0.25, -0.2) is 4.98 Å². The van der Waals surface area contributed by atoms with Gasteiger partial charge in [0.2, 0.25) is 0 Å². The molecule has 6 nitrogen and oxygen atoms in total. The highest BCUT2D eigenvalue weighted by atomic mass is 16.5. The van der Waals surface area contributed by atoms with Crippen LogP contribution in [0.1, 0.15) is 10.5 Å². The number of carbonyl (C=O) groups excluding carboxylic acids is 1. The Labute approximate surface area is 110 Å². The summed E-state index contributed by atoms with van der Waals surface area (Å²) in [5, 5.41) is 9.42. The second-order valence-corrected chi connectivity index (χ2v) is 4.47. The van der Waals surface area contributed by atoms with Crippen LogP contribution in [0, 0.1) is 0 Å². The predicted molar refractivity (Wildman–Crippen MR) is 69.6 cm³/mol. The van der Waals surface area contributed by atoms with E-state index in [4.69, 9.17) is 4.74 Å². The standard InChI is InChI=1S/C13H15N3O3/c17-7-10-9-19-6-5-15(10)13-11(8-18)16-4-2-1-3-12(16)14-13/h1-4,8,10,17H,5-7,9H2. The Morgan fingerprint density at radius 1 is 1.53 bits per heavy atom. The lowest BCUT2D eigenvalue weighted by Gasteiger charge is -2.34. The molecule has 19 heavy (non-hydrogen) atoms. The van der Waals surface area contributed by atoms with E-state index in [-0.39, 0.29) is 12.6 Å². The number of anilines is 1. The zero-order chi connectivity index (χ0) is 13.2. The summed E-state index contributed by atoms with van der Waals surface area (Å²) >= 11 is 0. The summed E-state index contributed by atoms with van der Waals surface area (Å²) in [5.74, 6) is 0.614. The molecular weight excluding hydrogens is 246 g/mol. The van der Waals surface area contributed by atoms with Crippen LogP contribution in [0.15, 0.2) is 24.4 Å². The van der Waals surface area contributed by atoms with Crippen LogP contribution >= 0.6 is 0 Å². The van der Waals surface area contributed by atoms with Gasteiger partial charge in [-0.05, 0) is 12.1 Å². The predicted octanol–water partition coefficient (Wildman–Crippen LogP) is 0.344. The Morgan fingerprint density at radius 3 is 3.21 bits per heavy atom. The zero-order valence-electron chi connectivity index (χ0n) is 10.4. The Morgan fingerprint density at radius 2 is 2.42 bits per heavy atom. The smallest absolute Gasteiger partial charge is 0.170 e. The van der Waals surface area contributed by atoms with Crippen LogP contribution in [0.5, 0.6) is 0 Å². The largest absolute Gasteiger partial charge is 0.394 e. The second kappa shape index (κ2) is 4.99. The van der Waals surface area contributed by atoms with Crippen LogP contribution in [0.3, 0.4) is 0 Å². The van der Waals surface area contributed by atoms with Crippen molar-refractivity contribution < 1.29 is 14.6 Å². The normalized spacial score (nSPS) is 19.8. The van der Waals surface area contributed by atoms with E-state index < -0.39 is 0 Å². The minimum atomic E-state index is -0.155. The van der Waals surface area contributed by atoms with Crippen molar-refractivity contribution in [1.82, 2.24) is 9.38 Å². The molecular formula is C13H15N3O3. The maximum atomic E-state index is 11.4. The maximum Gasteiger partial charge on any atom is 0.170 e. The molecule has 1 fully saturated rings. The Kier molecular flexibility index (Phi) is 3.18. The van der Waals surface area contributed by atoms with Gasteiger partial charge in [-0.15, -0.1) is 0 Å². The molecule has 1 unspecified atom stereocenters. The van der Waals surface area contributed by atoms with E-state index in [0.29, 0.717) is 31.3 Å². The summed E-state index contributed by atoms with van der Waals surface area (Å²) in [6, 6.07) is 5.43. The third-order valence-electron chi connectivity index (χ3n) is 3.37. The summed E-state index contributed by atoms with van der Waals surface area (Å²) in [6.45, 7) is 1.62. The number of fused-ring (bicyclic) bond motifs is 1. The van der Waals surface area contributed by atoms with Crippen molar-refractivity contribution in [2.45, 2.75) is 6.04 Å².